The maximum absolute atomic E-state index is 3.65. The molecule has 0 aromatic carbocycles. The van der Waals surface area contributed by atoms with E-state index in [0.29, 0.717) is 0 Å². The van der Waals surface area contributed by atoms with Crippen molar-refractivity contribution in [1.82, 2.24) is 10.2 Å². The van der Waals surface area contributed by atoms with Crippen LogP contribution in [0.2, 0.25) is 0 Å². The first-order valence-corrected chi connectivity index (χ1v) is 6.78. The van der Waals surface area contributed by atoms with Gasteiger partial charge in [0.2, 0.25) is 0 Å². The van der Waals surface area contributed by atoms with Crippen LogP contribution >= 0.6 is 0 Å². The second-order valence-electron chi connectivity index (χ2n) is 5.32. The molecule has 2 nitrogen and oxygen atoms in total. The average molecular weight is 210 g/mol. The summed E-state index contributed by atoms with van der Waals surface area (Å²) in [5.41, 5.74) is 0. The minimum absolute atomic E-state index is 0.763. The fourth-order valence-corrected chi connectivity index (χ4v) is 2.76. The van der Waals surface area contributed by atoms with Crippen molar-refractivity contribution in [3.63, 3.8) is 0 Å². The standard InChI is InChI=1S/C13H26N2/c1-3-13-7-10-15(9-4-8-14-13)11(2)12-5-6-12/h11-14H,3-10H2,1-2H3. The van der Waals surface area contributed by atoms with E-state index >= 15 is 0 Å². The summed E-state index contributed by atoms with van der Waals surface area (Å²) in [7, 11) is 0. The Bertz CT molecular complexity index is 189. The van der Waals surface area contributed by atoms with Gasteiger partial charge in [-0.2, -0.15) is 0 Å². The molecule has 1 heterocycles. The summed E-state index contributed by atoms with van der Waals surface area (Å²) in [4.78, 5) is 2.74. The highest BCUT2D eigenvalue weighted by molar-refractivity contribution is 4.86. The Labute approximate surface area is 94.4 Å². The first-order valence-electron chi connectivity index (χ1n) is 6.78. The first kappa shape index (κ1) is 11.4. The zero-order valence-corrected chi connectivity index (χ0v) is 10.3. The van der Waals surface area contributed by atoms with E-state index in [1.807, 2.05) is 0 Å². The second kappa shape index (κ2) is 5.31. The van der Waals surface area contributed by atoms with Gasteiger partial charge in [-0.05, 0) is 64.6 Å². The molecular formula is C13H26N2. The Balaban J connectivity index is 1.82. The molecule has 2 fully saturated rings. The van der Waals surface area contributed by atoms with Gasteiger partial charge in [0, 0.05) is 12.1 Å². The van der Waals surface area contributed by atoms with Crippen LogP contribution in [0.3, 0.4) is 0 Å². The van der Waals surface area contributed by atoms with E-state index in [1.54, 1.807) is 0 Å². The molecule has 0 radical (unpaired) electrons. The van der Waals surface area contributed by atoms with Crippen LogP contribution in [0.4, 0.5) is 0 Å². The van der Waals surface area contributed by atoms with Crippen molar-refractivity contribution in [3.8, 4) is 0 Å². The Morgan fingerprint density at radius 2 is 2.07 bits per heavy atom. The van der Waals surface area contributed by atoms with E-state index in [-0.39, 0.29) is 0 Å². The molecule has 0 amide bonds. The van der Waals surface area contributed by atoms with Gasteiger partial charge >= 0.3 is 0 Å². The van der Waals surface area contributed by atoms with Crippen LogP contribution in [0.15, 0.2) is 0 Å². The fourth-order valence-electron chi connectivity index (χ4n) is 2.76. The van der Waals surface area contributed by atoms with Gasteiger partial charge in [0.1, 0.15) is 0 Å². The third kappa shape index (κ3) is 3.18. The summed E-state index contributed by atoms with van der Waals surface area (Å²) in [6, 6.07) is 1.61. The van der Waals surface area contributed by atoms with Crippen molar-refractivity contribution in [3.05, 3.63) is 0 Å². The van der Waals surface area contributed by atoms with E-state index in [2.05, 4.69) is 24.1 Å². The minimum atomic E-state index is 0.763. The van der Waals surface area contributed by atoms with Gasteiger partial charge in [0.15, 0.2) is 0 Å². The lowest BCUT2D eigenvalue weighted by Gasteiger charge is -2.33. The largest absolute Gasteiger partial charge is 0.314 e. The molecule has 2 unspecified atom stereocenters. The highest BCUT2D eigenvalue weighted by Crippen LogP contribution is 2.35. The molecule has 0 spiro atoms. The maximum atomic E-state index is 3.65. The SMILES string of the molecule is CCC1CCN(C(C)C2CC2)CCCN1. The van der Waals surface area contributed by atoms with E-state index in [9.17, 15) is 0 Å². The average Bonchev–Trinajstić information content (AvgIpc) is 3.00. The third-order valence-electron chi connectivity index (χ3n) is 4.19. The van der Waals surface area contributed by atoms with Crippen LogP contribution in [-0.4, -0.2) is 36.6 Å². The van der Waals surface area contributed by atoms with Crippen LogP contribution < -0.4 is 5.32 Å². The highest BCUT2D eigenvalue weighted by atomic mass is 15.2. The highest BCUT2D eigenvalue weighted by Gasteiger charge is 2.32. The maximum Gasteiger partial charge on any atom is 0.00952 e. The normalized spacial score (nSPS) is 32.0. The Kier molecular flexibility index (Phi) is 4.04. The first-order chi connectivity index (χ1) is 7.31. The van der Waals surface area contributed by atoms with Gasteiger partial charge in [-0.3, -0.25) is 0 Å². The lowest BCUT2D eigenvalue weighted by Crippen LogP contribution is -2.43. The summed E-state index contributed by atoms with van der Waals surface area (Å²) in [5.74, 6) is 1.03. The van der Waals surface area contributed by atoms with Crippen LogP contribution in [0.1, 0.15) is 46.0 Å². The van der Waals surface area contributed by atoms with Gasteiger partial charge < -0.3 is 10.2 Å². The number of rotatable bonds is 3. The van der Waals surface area contributed by atoms with Crippen molar-refractivity contribution in [2.75, 3.05) is 19.6 Å². The van der Waals surface area contributed by atoms with Crippen LogP contribution in [0.25, 0.3) is 0 Å². The molecule has 2 atom stereocenters. The molecule has 2 heteroatoms. The number of hydrogen-bond acceptors (Lipinski definition) is 2. The van der Waals surface area contributed by atoms with Crippen LogP contribution in [-0.2, 0) is 0 Å². The molecule has 0 bridgehead atoms. The van der Waals surface area contributed by atoms with Gasteiger partial charge in [-0.15, -0.1) is 0 Å². The predicted molar refractivity (Wildman–Crippen MR) is 65.1 cm³/mol. The predicted octanol–water partition coefficient (Wildman–Crippen LogP) is 2.25. The molecule has 1 saturated carbocycles. The number of nitrogens with one attached hydrogen (secondary N) is 1. The van der Waals surface area contributed by atoms with Crippen molar-refractivity contribution in [2.45, 2.75) is 58.0 Å². The lowest BCUT2D eigenvalue weighted by molar-refractivity contribution is 0.165. The van der Waals surface area contributed by atoms with Gasteiger partial charge in [-0.1, -0.05) is 6.92 Å². The van der Waals surface area contributed by atoms with Gasteiger partial charge in [-0.25, -0.2) is 0 Å². The summed E-state index contributed by atoms with van der Waals surface area (Å²) in [5, 5.41) is 3.65. The van der Waals surface area contributed by atoms with E-state index in [4.69, 9.17) is 0 Å². The summed E-state index contributed by atoms with van der Waals surface area (Å²) >= 11 is 0. The van der Waals surface area contributed by atoms with Crippen molar-refractivity contribution >= 4 is 0 Å². The summed E-state index contributed by atoms with van der Waals surface area (Å²) in [6.07, 6.45) is 6.91. The monoisotopic (exact) mass is 210 g/mol. The van der Waals surface area contributed by atoms with Crippen molar-refractivity contribution in [2.24, 2.45) is 5.92 Å². The molecule has 2 aliphatic rings. The fraction of sp³-hybridized carbons (Fsp3) is 1.00. The van der Waals surface area contributed by atoms with Crippen LogP contribution in [0.5, 0.6) is 0 Å². The molecule has 2 rings (SSSR count). The Morgan fingerprint density at radius 1 is 1.27 bits per heavy atom. The molecule has 88 valence electrons. The number of nitrogens with zero attached hydrogens (tertiary/aromatic N) is 1. The Hall–Kier alpha value is -0.0800. The Morgan fingerprint density at radius 3 is 2.73 bits per heavy atom. The molecule has 1 saturated heterocycles. The molecular weight excluding hydrogens is 184 g/mol. The van der Waals surface area contributed by atoms with Crippen molar-refractivity contribution < 1.29 is 0 Å². The second-order valence-corrected chi connectivity index (χ2v) is 5.32. The van der Waals surface area contributed by atoms with Gasteiger partial charge in [0.05, 0.1) is 0 Å². The zero-order chi connectivity index (χ0) is 10.7. The van der Waals surface area contributed by atoms with E-state index in [0.717, 1.165) is 18.0 Å². The summed E-state index contributed by atoms with van der Waals surface area (Å²) in [6.45, 7) is 8.57. The lowest BCUT2D eigenvalue weighted by atomic mass is 10.1. The van der Waals surface area contributed by atoms with Gasteiger partial charge in [0.25, 0.3) is 0 Å². The molecule has 1 aliphatic heterocycles. The molecule has 1 aliphatic carbocycles. The van der Waals surface area contributed by atoms with E-state index < -0.39 is 0 Å². The minimum Gasteiger partial charge on any atom is -0.314 e. The molecule has 15 heavy (non-hydrogen) atoms. The molecule has 1 N–H and O–H groups in total. The molecule has 0 aromatic rings. The zero-order valence-electron chi connectivity index (χ0n) is 10.3. The molecule has 0 aromatic heterocycles. The van der Waals surface area contributed by atoms with E-state index in [1.165, 1.54) is 51.7 Å². The third-order valence-corrected chi connectivity index (χ3v) is 4.19. The van der Waals surface area contributed by atoms with Crippen molar-refractivity contribution in [1.29, 1.82) is 0 Å². The topological polar surface area (TPSA) is 15.3 Å². The van der Waals surface area contributed by atoms with Crippen LogP contribution in [0, 0.1) is 5.92 Å². The summed E-state index contributed by atoms with van der Waals surface area (Å²) < 4.78 is 0. The number of hydrogen-bond donors (Lipinski definition) is 1. The smallest absolute Gasteiger partial charge is 0.00952 e. The quantitative estimate of drug-likeness (QED) is 0.768.